The normalized spacial score (nSPS) is 11.0. The summed E-state index contributed by atoms with van der Waals surface area (Å²) < 4.78 is 3.39. The second-order valence-corrected chi connectivity index (χ2v) is 6.56. The van der Waals surface area contributed by atoms with Gasteiger partial charge < -0.3 is 4.57 Å². The molecule has 2 aromatic rings. The number of pyridine rings is 2. The molecule has 0 spiro atoms. The maximum Gasteiger partial charge on any atom is 0.354 e. The van der Waals surface area contributed by atoms with Gasteiger partial charge in [0.05, 0.1) is 17.9 Å². The van der Waals surface area contributed by atoms with Crippen molar-refractivity contribution >= 4 is 17.4 Å². The number of fused-ring (bicyclic) bond motifs is 1. The highest BCUT2D eigenvalue weighted by Gasteiger charge is 2.19. The zero-order chi connectivity index (χ0) is 19.0. The van der Waals surface area contributed by atoms with Crippen LogP contribution in [-0.4, -0.2) is 24.9 Å². The van der Waals surface area contributed by atoms with E-state index in [1.54, 1.807) is 36.5 Å². The Kier molecular flexibility index (Phi) is 4.33. The van der Waals surface area contributed by atoms with Crippen LogP contribution in [0.25, 0.3) is 17.2 Å². The Morgan fingerprint density at radius 3 is 2.74 bits per heavy atom. The average molecular weight is 379 g/mol. The van der Waals surface area contributed by atoms with Gasteiger partial charge >= 0.3 is 5.69 Å². The summed E-state index contributed by atoms with van der Waals surface area (Å²) in [5.41, 5.74) is 2.38. The lowest BCUT2D eigenvalue weighted by molar-refractivity contribution is 0.101. The number of aromatic nitrogens is 4. The summed E-state index contributed by atoms with van der Waals surface area (Å²) >= 11 is 5.84. The van der Waals surface area contributed by atoms with Crippen molar-refractivity contribution in [3.05, 3.63) is 87.7 Å². The van der Waals surface area contributed by atoms with Crippen LogP contribution in [0.15, 0.2) is 65.7 Å². The SMILES string of the molecule is CC(=O)c1cccc(-n2c3cccn(Cc4ccc(Cl)nc4)c-3nc2=O)c1. The zero-order valence-corrected chi connectivity index (χ0v) is 15.2. The van der Waals surface area contributed by atoms with Gasteiger partial charge in [0.1, 0.15) is 5.15 Å². The largest absolute Gasteiger partial charge is 0.354 e. The maximum absolute atomic E-state index is 12.6. The second-order valence-electron chi connectivity index (χ2n) is 6.17. The van der Waals surface area contributed by atoms with Crippen LogP contribution in [-0.2, 0) is 6.54 Å². The Morgan fingerprint density at radius 1 is 1.15 bits per heavy atom. The molecule has 0 atom stereocenters. The third kappa shape index (κ3) is 3.27. The van der Waals surface area contributed by atoms with E-state index in [1.165, 1.54) is 11.5 Å². The van der Waals surface area contributed by atoms with E-state index >= 15 is 0 Å². The van der Waals surface area contributed by atoms with E-state index in [-0.39, 0.29) is 11.5 Å². The van der Waals surface area contributed by atoms with Crippen LogP contribution in [0.5, 0.6) is 0 Å². The molecule has 2 aliphatic heterocycles. The van der Waals surface area contributed by atoms with Crippen LogP contribution in [0.4, 0.5) is 0 Å². The number of halogens is 1. The van der Waals surface area contributed by atoms with Gasteiger partial charge in [-0.25, -0.2) is 9.78 Å². The van der Waals surface area contributed by atoms with Crippen LogP contribution in [0.3, 0.4) is 0 Å². The van der Waals surface area contributed by atoms with Gasteiger partial charge in [-0.3, -0.25) is 9.36 Å². The second kappa shape index (κ2) is 6.81. The Balaban J connectivity index is 1.78. The lowest BCUT2D eigenvalue weighted by atomic mass is 10.1. The highest BCUT2D eigenvalue weighted by Crippen LogP contribution is 2.23. The number of rotatable bonds is 4. The van der Waals surface area contributed by atoms with E-state index in [9.17, 15) is 9.59 Å². The molecule has 0 aliphatic carbocycles. The van der Waals surface area contributed by atoms with Gasteiger partial charge in [0, 0.05) is 18.0 Å². The Hall–Kier alpha value is -3.25. The summed E-state index contributed by atoms with van der Waals surface area (Å²) in [6.45, 7) is 2.00. The lowest BCUT2D eigenvalue weighted by Crippen LogP contribution is -2.14. The molecule has 1 aromatic carbocycles. The first-order valence-electron chi connectivity index (χ1n) is 8.32. The standard InChI is InChI=1S/C20H15ClN4O2/c1-13(26)15-4-2-5-16(10-15)25-17-6-3-9-24(19(17)23-20(25)27)12-14-7-8-18(21)22-11-14/h2-11H,12H2,1H3. The van der Waals surface area contributed by atoms with E-state index in [0.717, 1.165) is 5.56 Å². The van der Waals surface area contributed by atoms with Gasteiger partial charge in [-0.2, -0.15) is 4.98 Å². The highest BCUT2D eigenvalue weighted by atomic mass is 35.5. The lowest BCUT2D eigenvalue weighted by Gasteiger charge is -2.13. The van der Waals surface area contributed by atoms with Crippen LogP contribution < -0.4 is 5.69 Å². The summed E-state index contributed by atoms with van der Waals surface area (Å²) in [7, 11) is 0. The molecule has 0 N–H and O–H groups in total. The van der Waals surface area contributed by atoms with Crippen molar-refractivity contribution in [1.29, 1.82) is 0 Å². The number of nitrogens with zero attached hydrogens (tertiary/aromatic N) is 4. The molecule has 7 heteroatoms. The first kappa shape index (κ1) is 17.2. The van der Waals surface area contributed by atoms with Crippen molar-refractivity contribution in [3.8, 4) is 17.2 Å². The monoisotopic (exact) mass is 378 g/mol. The van der Waals surface area contributed by atoms with Crippen LogP contribution in [0, 0.1) is 0 Å². The van der Waals surface area contributed by atoms with E-state index in [0.29, 0.717) is 34.5 Å². The number of hydrogen-bond acceptors (Lipinski definition) is 4. The quantitative estimate of drug-likeness (QED) is 0.403. The van der Waals surface area contributed by atoms with Crippen molar-refractivity contribution in [2.45, 2.75) is 13.5 Å². The minimum Gasteiger partial charge on any atom is -0.327 e. The Labute approximate surface area is 160 Å². The molecular formula is C20H15ClN4O2. The number of carbonyl (C=O) groups is 1. The molecule has 0 fully saturated rings. The average Bonchev–Trinajstić information content (AvgIpc) is 3.00. The summed E-state index contributed by atoms with van der Waals surface area (Å²) in [5, 5.41) is 0.429. The zero-order valence-electron chi connectivity index (χ0n) is 14.5. The molecule has 27 heavy (non-hydrogen) atoms. The molecule has 0 unspecified atom stereocenters. The van der Waals surface area contributed by atoms with E-state index < -0.39 is 0 Å². The van der Waals surface area contributed by atoms with Crippen molar-refractivity contribution in [1.82, 2.24) is 19.1 Å². The summed E-state index contributed by atoms with van der Waals surface area (Å²) in [6.07, 6.45) is 3.55. The maximum atomic E-state index is 12.6. The minimum absolute atomic E-state index is 0.0565. The Bertz CT molecular complexity index is 1160. The first-order chi connectivity index (χ1) is 13.0. The fraction of sp³-hybridized carbons (Fsp3) is 0.100. The minimum atomic E-state index is -0.389. The fourth-order valence-electron chi connectivity index (χ4n) is 3.01. The topological polar surface area (TPSA) is 69.8 Å². The molecular weight excluding hydrogens is 364 g/mol. The third-order valence-corrected chi connectivity index (χ3v) is 4.53. The van der Waals surface area contributed by atoms with Crippen molar-refractivity contribution in [3.63, 3.8) is 0 Å². The summed E-state index contributed by atoms with van der Waals surface area (Å²) in [5.74, 6) is 0.504. The summed E-state index contributed by atoms with van der Waals surface area (Å²) in [4.78, 5) is 32.6. The van der Waals surface area contributed by atoms with Gasteiger partial charge in [-0.15, -0.1) is 0 Å². The van der Waals surface area contributed by atoms with Crippen LogP contribution in [0.2, 0.25) is 5.15 Å². The first-order valence-corrected chi connectivity index (χ1v) is 8.70. The molecule has 0 amide bonds. The molecule has 1 aromatic heterocycles. The predicted octanol–water partition coefficient (Wildman–Crippen LogP) is 3.44. The number of imidazole rings is 1. The molecule has 2 aliphatic rings. The van der Waals surface area contributed by atoms with Gasteiger partial charge in [-0.05, 0) is 42.8 Å². The fourth-order valence-corrected chi connectivity index (χ4v) is 3.12. The van der Waals surface area contributed by atoms with E-state index in [1.807, 2.05) is 29.0 Å². The van der Waals surface area contributed by atoms with Gasteiger partial charge in [-0.1, -0.05) is 29.8 Å². The molecule has 134 valence electrons. The number of hydrogen-bond donors (Lipinski definition) is 0. The smallest absolute Gasteiger partial charge is 0.327 e. The Morgan fingerprint density at radius 2 is 2.00 bits per heavy atom. The molecule has 0 radical (unpaired) electrons. The molecule has 4 rings (SSSR count). The van der Waals surface area contributed by atoms with Gasteiger partial charge in [0.25, 0.3) is 0 Å². The predicted molar refractivity (Wildman–Crippen MR) is 103 cm³/mol. The van der Waals surface area contributed by atoms with E-state index in [2.05, 4.69) is 9.97 Å². The molecule has 3 heterocycles. The van der Waals surface area contributed by atoms with Crippen molar-refractivity contribution in [2.24, 2.45) is 0 Å². The van der Waals surface area contributed by atoms with Gasteiger partial charge in [0.15, 0.2) is 11.6 Å². The van der Waals surface area contributed by atoms with Gasteiger partial charge in [0.2, 0.25) is 0 Å². The molecule has 6 nitrogen and oxygen atoms in total. The molecule has 0 bridgehead atoms. The third-order valence-electron chi connectivity index (χ3n) is 4.31. The summed E-state index contributed by atoms with van der Waals surface area (Å²) in [6, 6.07) is 14.3. The molecule has 0 saturated carbocycles. The van der Waals surface area contributed by atoms with Crippen LogP contribution in [0.1, 0.15) is 22.8 Å². The molecule has 0 saturated heterocycles. The van der Waals surface area contributed by atoms with Crippen molar-refractivity contribution < 1.29 is 4.79 Å². The number of carbonyl (C=O) groups excluding carboxylic acids is 1. The number of benzene rings is 1. The number of ketones is 1. The van der Waals surface area contributed by atoms with Crippen LogP contribution >= 0.6 is 11.6 Å². The number of Topliss-reactive ketones (excluding diaryl/α,β-unsaturated/α-hetero) is 1. The van der Waals surface area contributed by atoms with E-state index in [4.69, 9.17) is 11.6 Å². The van der Waals surface area contributed by atoms with Crippen molar-refractivity contribution in [2.75, 3.05) is 0 Å². The highest BCUT2D eigenvalue weighted by molar-refractivity contribution is 6.29.